The molecule has 6 nitrogen and oxygen atoms in total. The molecular weight excluding hydrogens is 386 g/mol. The van der Waals surface area contributed by atoms with E-state index in [1.54, 1.807) is 31.6 Å². The number of nitrogens with one attached hydrogen (secondary N) is 3. The minimum Gasteiger partial charge on any atom is -0.373 e. The highest BCUT2D eigenvalue weighted by Gasteiger charge is 2.07. The number of H-pyrrole nitrogens is 1. The van der Waals surface area contributed by atoms with Gasteiger partial charge in [0.1, 0.15) is 12.0 Å². The molecule has 2 rings (SSSR count). The average molecular weight is 420 g/mol. The normalized spacial score (nSPS) is 12.4. The first kappa shape index (κ1) is 25.6. The summed E-state index contributed by atoms with van der Waals surface area (Å²) in [5.74, 6) is 0.581. The molecule has 0 aliphatic carbocycles. The molecule has 1 atom stereocenters. The van der Waals surface area contributed by atoms with Crippen LogP contribution in [0.15, 0.2) is 84.1 Å². The Labute approximate surface area is 184 Å². The highest BCUT2D eigenvalue weighted by atomic mass is 16.3. The van der Waals surface area contributed by atoms with E-state index in [0.717, 1.165) is 17.0 Å². The molecule has 1 heterocycles. The third-order valence-corrected chi connectivity index (χ3v) is 4.01. The minimum absolute atomic E-state index is 0.581. The van der Waals surface area contributed by atoms with Gasteiger partial charge in [0.15, 0.2) is 0 Å². The van der Waals surface area contributed by atoms with Gasteiger partial charge in [0.05, 0.1) is 5.69 Å². The van der Waals surface area contributed by atoms with E-state index >= 15 is 0 Å². The first-order valence-corrected chi connectivity index (χ1v) is 9.96. The molecule has 0 fully saturated rings. The second-order valence-corrected chi connectivity index (χ2v) is 6.47. The van der Waals surface area contributed by atoms with Crippen molar-refractivity contribution in [2.45, 2.75) is 19.2 Å². The van der Waals surface area contributed by atoms with Crippen LogP contribution < -0.4 is 21.2 Å². The summed E-state index contributed by atoms with van der Waals surface area (Å²) >= 11 is 0. The highest BCUT2D eigenvalue weighted by molar-refractivity contribution is 5.91. The number of aliphatic hydroxyl groups excluding tert-OH is 1. The maximum atomic E-state index is 10.1. The Morgan fingerprint density at radius 3 is 2.58 bits per heavy atom. The lowest BCUT2D eigenvalue weighted by Gasteiger charge is -2.09. The molecule has 31 heavy (non-hydrogen) atoms. The molecule has 4 N–H and O–H groups in total. The minimum atomic E-state index is -0.767. The van der Waals surface area contributed by atoms with E-state index in [1.807, 2.05) is 42.5 Å². The molecule has 1 aromatic carbocycles. The van der Waals surface area contributed by atoms with Crippen LogP contribution in [-0.4, -0.2) is 36.1 Å². The van der Waals surface area contributed by atoms with E-state index in [1.165, 1.54) is 5.56 Å². The first-order valence-electron chi connectivity index (χ1n) is 9.96. The van der Waals surface area contributed by atoms with Crippen LogP contribution in [0.3, 0.4) is 0 Å². The van der Waals surface area contributed by atoms with Gasteiger partial charge in [0.25, 0.3) is 0 Å². The number of nitrogens with zero attached hydrogens (tertiary/aromatic N) is 2. The fourth-order valence-corrected chi connectivity index (χ4v) is 2.42. The maximum absolute atomic E-state index is 10.1. The molecule has 0 aliphatic heterocycles. The number of aromatic amines is 1. The van der Waals surface area contributed by atoms with Crippen molar-refractivity contribution in [3.05, 3.63) is 95.9 Å². The monoisotopic (exact) mass is 419 g/mol. The average Bonchev–Trinajstić information content (AvgIpc) is 3.15. The molecule has 2 aromatic rings. The Bertz CT molecular complexity index is 973. The number of rotatable bonds is 11. The van der Waals surface area contributed by atoms with Gasteiger partial charge in [0, 0.05) is 43.1 Å². The standard InChI is InChI=1S/C21H26N4O.C4H7N/c1-4-5-12-23-21(26)20-14-19(16(2)25-20)11-13-22-17(3)24-15-18-9-7-6-8-10-18;1-3-4-5-2/h4,6-11,13-14,21,23-26H,1-3,5,12,15H2;3-4H,1H2,2H3/b19-11-,22-13-;. The zero-order chi connectivity index (χ0) is 22.9. The van der Waals surface area contributed by atoms with Crippen LogP contribution in [0.2, 0.25) is 0 Å². The Hall–Kier alpha value is -3.48. The zero-order valence-corrected chi connectivity index (χ0v) is 18.2. The Morgan fingerprint density at radius 2 is 1.97 bits per heavy atom. The molecule has 0 aliphatic rings. The number of benzene rings is 1. The van der Waals surface area contributed by atoms with Crippen molar-refractivity contribution in [2.75, 3.05) is 13.6 Å². The van der Waals surface area contributed by atoms with Gasteiger partial charge in [-0.15, -0.1) is 6.58 Å². The second kappa shape index (κ2) is 15.4. The summed E-state index contributed by atoms with van der Waals surface area (Å²) in [6.45, 7) is 16.2. The second-order valence-electron chi connectivity index (χ2n) is 6.47. The van der Waals surface area contributed by atoms with E-state index in [2.05, 4.69) is 51.9 Å². The topological polar surface area (TPSA) is 84.8 Å². The predicted octanol–water partition coefficient (Wildman–Crippen LogP) is 2.57. The van der Waals surface area contributed by atoms with Crippen LogP contribution in [-0.2, 0) is 6.54 Å². The van der Waals surface area contributed by atoms with Crippen LogP contribution in [0.1, 0.15) is 23.9 Å². The van der Waals surface area contributed by atoms with Crippen LogP contribution in [0, 0.1) is 0 Å². The van der Waals surface area contributed by atoms with Gasteiger partial charge in [-0.2, -0.15) is 0 Å². The number of hydrogen-bond acceptors (Lipinski definition) is 5. The lowest BCUT2D eigenvalue weighted by Crippen LogP contribution is -2.22. The third-order valence-electron chi connectivity index (χ3n) is 4.01. The van der Waals surface area contributed by atoms with Crippen LogP contribution in [0.5, 0.6) is 0 Å². The molecule has 1 aromatic heterocycles. The summed E-state index contributed by atoms with van der Waals surface area (Å²) in [5, 5.41) is 17.8. The van der Waals surface area contributed by atoms with Crippen molar-refractivity contribution >= 4 is 25.1 Å². The molecule has 0 saturated carbocycles. The molecule has 0 radical (unpaired) electrons. The summed E-state index contributed by atoms with van der Waals surface area (Å²) in [7, 11) is 1.71. The Balaban J connectivity index is 0.000000861. The van der Waals surface area contributed by atoms with Gasteiger partial charge in [-0.3, -0.25) is 10.3 Å². The van der Waals surface area contributed by atoms with Crippen LogP contribution >= 0.6 is 0 Å². The van der Waals surface area contributed by atoms with Gasteiger partial charge >= 0.3 is 0 Å². The predicted molar refractivity (Wildman–Crippen MR) is 133 cm³/mol. The maximum Gasteiger partial charge on any atom is 0.145 e. The molecular formula is C25H33N5O. The van der Waals surface area contributed by atoms with Crippen molar-refractivity contribution in [1.82, 2.24) is 15.6 Å². The number of allylic oxidation sites excluding steroid dienone is 1. The lowest BCUT2D eigenvalue weighted by molar-refractivity contribution is 0.136. The van der Waals surface area contributed by atoms with E-state index < -0.39 is 6.23 Å². The Morgan fingerprint density at radius 1 is 1.23 bits per heavy atom. The van der Waals surface area contributed by atoms with Gasteiger partial charge in [-0.05, 0) is 24.1 Å². The van der Waals surface area contributed by atoms with Gasteiger partial charge in [0.2, 0.25) is 0 Å². The summed E-state index contributed by atoms with van der Waals surface area (Å²) in [5.41, 5.74) is 1.83. The number of aliphatic imine (C=N–C) groups is 2. The summed E-state index contributed by atoms with van der Waals surface area (Å²) < 4.78 is 0. The van der Waals surface area contributed by atoms with Gasteiger partial charge < -0.3 is 15.4 Å². The molecule has 0 amide bonds. The molecule has 0 spiro atoms. The van der Waals surface area contributed by atoms with E-state index in [0.29, 0.717) is 24.6 Å². The van der Waals surface area contributed by atoms with E-state index in [-0.39, 0.29) is 0 Å². The van der Waals surface area contributed by atoms with Gasteiger partial charge in [-0.25, -0.2) is 4.99 Å². The zero-order valence-electron chi connectivity index (χ0n) is 18.2. The van der Waals surface area contributed by atoms with Crippen molar-refractivity contribution in [3.63, 3.8) is 0 Å². The first-order chi connectivity index (χ1) is 15.0. The Kier molecular flexibility index (Phi) is 12.7. The molecule has 6 heteroatoms. The SMILES string of the molecule is C=CC=NC.C=CCCNC(O)c1c/c(=C/C=N\C(=C)NCc2ccccc2)c(=C)[nH]1. The van der Waals surface area contributed by atoms with Crippen molar-refractivity contribution in [2.24, 2.45) is 9.98 Å². The van der Waals surface area contributed by atoms with Crippen molar-refractivity contribution in [3.8, 4) is 0 Å². The number of aromatic nitrogens is 1. The third kappa shape index (κ3) is 10.7. The summed E-state index contributed by atoms with van der Waals surface area (Å²) in [6.07, 6.45) is 8.60. The van der Waals surface area contributed by atoms with Gasteiger partial charge in [-0.1, -0.05) is 62.2 Å². The smallest absolute Gasteiger partial charge is 0.145 e. The number of aliphatic hydroxyl groups is 1. The van der Waals surface area contributed by atoms with Crippen molar-refractivity contribution < 1.29 is 5.11 Å². The lowest BCUT2D eigenvalue weighted by atomic mass is 10.2. The molecule has 164 valence electrons. The van der Waals surface area contributed by atoms with Crippen LogP contribution in [0.4, 0.5) is 0 Å². The molecule has 1 unspecified atom stereocenters. The van der Waals surface area contributed by atoms with Crippen LogP contribution in [0.25, 0.3) is 12.7 Å². The van der Waals surface area contributed by atoms with E-state index in [4.69, 9.17) is 0 Å². The molecule has 0 saturated heterocycles. The molecule has 0 bridgehead atoms. The largest absolute Gasteiger partial charge is 0.373 e. The van der Waals surface area contributed by atoms with Crippen molar-refractivity contribution in [1.29, 1.82) is 0 Å². The highest BCUT2D eigenvalue weighted by Crippen LogP contribution is 2.02. The quantitative estimate of drug-likeness (QED) is 0.195. The van der Waals surface area contributed by atoms with E-state index in [9.17, 15) is 5.11 Å². The fourth-order valence-electron chi connectivity index (χ4n) is 2.42. The summed E-state index contributed by atoms with van der Waals surface area (Å²) in [6, 6.07) is 11.9. The number of hydrogen-bond donors (Lipinski definition) is 4. The summed E-state index contributed by atoms with van der Waals surface area (Å²) in [4.78, 5) is 11.0. The fraction of sp³-hybridized carbons (Fsp3) is 0.200.